The average molecular weight is 345 g/mol. The van der Waals surface area contributed by atoms with E-state index in [2.05, 4.69) is 15.6 Å². The van der Waals surface area contributed by atoms with E-state index in [1.165, 1.54) is 12.1 Å². The van der Waals surface area contributed by atoms with Crippen molar-refractivity contribution in [1.82, 2.24) is 10.3 Å². The lowest BCUT2D eigenvalue weighted by atomic mass is 10.3. The Kier molecular flexibility index (Phi) is 5.67. The minimum absolute atomic E-state index is 0.323. The second-order valence-corrected chi connectivity index (χ2v) is 5.42. The lowest BCUT2D eigenvalue weighted by Gasteiger charge is -2.10. The molecule has 2 amide bonds. The second kappa shape index (κ2) is 7.50. The van der Waals surface area contributed by atoms with Crippen molar-refractivity contribution in [2.75, 3.05) is 11.9 Å². The van der Waals surface area contributed by atoms with Crippen LogP contribution in [0.1, 0.15) is 5.69 Å². The Labute approximate surface area is 137 Å². The number of aromatic nitrogens is 1. The van der Waals surface area contributed by atoms with Gasteiger partial charge in [-0.3, -0.25) is 4.98 Å². The SMILES string of the molecule is O=C(NCCc1ccccn1)Nc1cc(Cl)c(Cl)cc1Cl. The smallest absolute Gasteiger partial charge is 0.319 e. The van der Waals surface area contributed by atoms with Crippen LogP contribution < -0.4 is 10.6 Å². The number of nitrogens with zero attached hydrogens (tertiary/aromatic N) is 1. The third-order valence-corrected chi connectivity index (χ3v) is 3.69. The molecule has 21 heavy (non-hydrogen) atoms. The summed E-state index contributed by atoms with van der Waals surface area (Å²) in [5, 5.41) is 6.32. The van der Waals surface area contributed by atoms with Crippen molar-refractivity contribution >= 4 is 46.5 Å². The van der Waals surface area contributed by atoms with Gasteiger partial charge < -0.3 is 10.6 Å². The second-order valence-electron chi connectivity index (χ2n) is 4.20. The van der Waals surface area contributed by atoms with E-state index in [0.29, 0.717) is 33.7 Å². The van der Waals surface area contributed by atoms with Gasteiger partial charge in [-0.2, -0.15) is 0 Å². The molecule has 0 aliphatic heterocycles. The van der Waals surface area contributed by atoms with Gasteiger partial charge in [0.1, 0.15) is 0 Å². The lowest BCUT2D eigenvalue weighted by Crippen LogP contribution is -2.30. The first-order valence-electron chi connectivity index (χ1n) is 6.15. The van der Waals surface area contributed by atoms with E-state index in [9.17, 15) is 4.79 Å². The molecule has 0 fully saturated rings. The maximum Gasteiger partial charge on any atom is 0.319 e. The van der Waals surface area contributed by atoms with Crippen LogP contribution in [-0.2, 0) is 6.42 Å². The van der Waals surface area contributed by atoms with E-state index >= 15 is 0 Å². The van der Waals surface area contributed by atoms with Crippen molar-refractivity contribution < 1.29 is 4.79 Å². The predicted molar refractivity (Wildman–Crippen MR) is 86.4 cm³/mol. The van der Waals surface area contributed by atoms with Gasteiger partial charge in [-0.05, 0) is 24.3 Å². The van der Waals surface area contributed by atoms with Crippen molar-refractivity contribution in [2.24, 2.45) is 0 Å². The van der Waals surface area contributed by atoms with Gasteiger partial charge in [0.2, 0.25) is 0 Å². The van der Waals surface area contributed by atoms with Gasteiger partial charge in [-0.15, -0.1) is 0 Å². The van der Waals surface area contributed by atoms with Crippen molar-refractivity contribution in [3.8, 4) is 0 Å². The van der Waals surface area contributed by atoms with Gasteiger partial charge >= 0.3 is 6.03 Å². The Bertz CT molecular complexity index is 635. The number of halogens is 3. The van der Waals surface area contributed by atoms with Crippen molar-refractivity contribution in [3.63, 3.8) is 0 Å². The molecular weight excluding hydrogens is 333 g/mol. The number of benzene rings is 1. The molecule has 2 rings (SSSR count). The molecule has 0 atom stereocenters. The quantitative estimate of drug-likeness (QED) is 0.807. The Hall–Kier alpha value is -1.49. The number of nitrogens with one attached hydrogen (secondary N) is 2. The summed E-state index contributed by atoms with van der Waals surface area (Å²) in [6.45, 7) is 0.460. The van der Waals surface area contributed by atoms with Gasteiger partial charge in [0.05, 0.1) is 20.8 Å². The summed E-state index contributed by atoms with van der Waals surface area (Å²) in [6.07, 6.45) is 2.36. The van der Waals surface area contributed by atoms with Crippen LogP contribution in [0.5, 0.6) is 0 Å². The van der Waals surface area contributed by atoms with Crippen LogP contribution >= 0.6 is 34.8 Å². The standard InChI is InChI=1S/C14H12Cl3N3O/c15-10-7-12(17)13(8-11(10)16)20-14(21)19-6-4-9-3-1-2-5-18-9/h1-3,5,7-8H,4,6H2,(H2,19,20,21). The summed E-state index contributed by atoms with van der Waals surface area (Å²) in [6, 6.07) is 8.26. The van der Waals surface area contributed by atoms with Crippen LogP contribution in [0.2, 0.25) is 15.1 Å². The topological polar surface area (TPSA) is 54.0 Å². The first-order valence-corrected chi connectivity index (χ1v) is 7.29. The zero-order chi connectivity index (χ0) is 15.2. The summed E-state index contributed by atoms with van der Waals surface area (Å²) >= 11 is 17.7. The molecule has 0 saturated heterocycles. The number of carbonyl (C=O) groups excluding carboxylic acids is 1. The molecule has 0 spiro atoms. The van der Waals surface area contributed by atoms with Gasteiger partial charge in [-0.25, -0.2) is 4.79 Å². The molecule has 1 heterocycles. The molecule has 4 nitrogen and oxygen atoms in total. The van der Waals surface area contributed by atoms with Crippen LogP contribution in [0.3, 0.4) is 0 Å². The normalized spacial score (nSPS) is 10.2. The molecule has 0 saturated carbocycles. The monoisotopic (exact) mass is 343 g/mol. The Morgan fingerprint density at radius 2 is 1.86 bits per heavy atom. The number of hydrogen-bond acceptors (Lipinski definition) is 2. The number of anilines is 1. The highest BCUT2D eigenvalue weighted by atomic mass is 35.5. The van der Waals surface area contributed by atoms with E-state index in [4.69, 9.17) is 34.8 Å². The first-order chi connectivity index (χ1) is 10.1. The molecule has 2 N–H and O–H groups in total. The number of urea groups is 1. The van der Waals surface area contributed by atoms with E-state index in [1.54, 1.807) is 6.20 Å². The van der Waals surface area contributed by atoms with Crippen LogP contribution in [0.4, 0.5) is 10.5 Å². The molecule has 2 aromatic rings. The highest BCUT2D eigenvalue weighted by molar-refractivity contribution is 6.44. The largest absolute Gasteiger partial charge is 0.337 e. The maximum absolute atomic E-state index is 11.8. The lowest BCUT2D eigenvalue weighted by molar-refractivity contribution is 0.252. The van der Waals surface area contributed by atoms with Crippen molar-refractivity contribution in [2.45, 2.75) is 6.42 Å². The maximum atomic E-state index is 11.8. The average Bonchev–Trinajstić information content (AvgIpc) is 2.46. The van der Waals surface area contributed by atoms with Crippen LogP contribution in [-0.4, -0.2) is 17.6 Å². The van der Waals surface area contributed by atoms with Gasteiger partial charge in [0, 0.05) is 24.9 Å². The Morgan fingerprint density at radius 1 is 1.10 bits per heavy atom. The Morgan fingerprint density at radius 3 is 2.57 bits per heavy atom. The molecule has 0 aliphatic rings. The molecule has 7 heteroatoms. The number of amides is 2. The number of carbonyl (C=O) groups is 1. The van der Waals surface area contributed by atoms with Gasteiger partial charge in [-0.1, -0.05) is 40.9 Å². The van der Waals surface area contributed by atoms with E-state index in [0.717, 1.165) is 5.69 Å². The van der Waals surface area contributed by atoms with E-state index < -0.39 is 0 Å². The zero-order valence-electron chi connectivity index (χ0n) is 10.9. The van der Waals surface area contributed by atoms with Crippen molar-refractivity contribution in [3.05, 3.63) is 57.3 Å². The summed E-state index contributed by atoms with van der Waals surface area (Å²) in [5.74, 6) is 0. The molecule has 0 bridgehead atoms. The summed E-state index contributed by atoms with van der Waals surface area (Å²) in [5.41, 5.74) is 1.31. The van der Waals surface area contributed by atoms with Gasteiger partial charge in [0.15, 0.2) is 0 Å². The summed E-state index contributed by atoms with van der Waals surface area (Å²) < 4.78 is 0. The van der Waals surface area contributed by atoms with Crippen LogP contribution in [0, 0.1) is 0 Å². The highest BCUT2D eigenvalue weighted by Gasteiger charge is 2.09. The fourth-order valence-electron chi connectivity index (χ4n) is 1.63. The fourth-order valence-corrected chi connectivity index (χ4v) is 2.23. The molecule has 0 unspecified atom stereocenters. The molecule has 0 radical (unpaired) electrons. The van der Waals surface area contributed by atoms with Crippen molar-refractivity contribution in [1.29, 1.82) is 0 Å². The molecule has 110 valence electrons. The highest BCUT2D eigenvalue weighted by Crippen LogP contribution is 2.32. The first kappa shape index (κ1) is 15.9. The molecular formula is C14H12Cl3N3O. The zero-order valence-corrected chi connectivity index (χ0v) is 13.1. The van der Waals surface area contributed by atoms with E-state index in [1.807, 2.05) is 18.2 Å². The van der Waals surface area contributed by atoms with E-state index in [-0.39, 0.29) is 6.03 Å². The summed E-state index contributed by atoms with van der Waals surface area (Å²) in [4.78, 5) is 15.9. The number of rotatable bonds is 4. The fraction of sp³-hybridized carbons (Fsp3) is 0.143. The van der Waals surface area contributed by atoms with Gasteiger partial charge in [0.25, 0.3) is 0 Å². The third-order valence-electron chi connectivity index (χ3n) is 2.65. The number of hydrogen-bond donors (Lipinski definition) is 2. The molecule has 1 aromatic carbocycles. The summed E-state index contributed by atoms with van der Waals surface area (Å²) in [7, 11) is 0. The minimum atomic E-state index is -0.369. The molecule has 0 aliphatic carbocycles. The molecule has 1 aromatic heterocycles. The minimum Gasteiger partial charge on any atom is -0.337 e. The predicted octanol–water partition coefficient (Wildman–Crippen LogP) is 4.41. The van der Waals surface area contributed by atoms with Crippen LogP contribution in [0.25, 0.3) is 0 Å². The number of pyridine rings is 1. The van der Waals surface area contributed by atoms with Crippen LogP contribution in [0.15, 0.2) is 36.5 Å². The Balaban J connectivity index is 1.86. The third kappa shape index (κ3) is 4.77.